The number of carbonyl (C=O) groups is 1. The molecule has 1 aliphatic heterocycles. The summed E-state index contributed by atoms with van der Waals surface area (Å²) < 4.78 is 1.88. The Morgan fingerprint density at radius 1 is 1.08 bits per heavy atom. The van der Waals surface area contributed by atoms with Crippen LogP contribution in [0.15, 0.2) is 41.5 Å². The Morgan fingerprint density at radius 2 is 1.81 bits per heavy atom. The molecule has 2 aliphatic rings. The van der Waals surface area contributed by atoms with Gasteiger partial charge in [0.1, 0.15) is 11.2 Å². The van der Waals surface area contributed by atoms with E-state index in [2.05, 4.69) is 44.3 Å². The minimum Gasteiger partial charge on any atom is -0.477 e. The number of rotatable bonds is 7. The lowest BCUT2D eigenvalue weighted by Gasteiger charge is -2.32. The van der Waals surface area contributed by atoms with Gasteiger partial charge in [-0.15, -0.1) is 0 Å². The summed E-state index contributed by atoms with van der Waals surface area (Å²) in [6, 6.07) is 8.42. The van der Waals surface area contributed by atoms with E-state index in [1.807, 2.05) is 16.7 Å². The summed E-state index contributed by atoms with van der Waals surface area (Å²) in [6.45, 7) is 5.55. The molecule has 36 heavy (non-hydrogen) atoms. The smallest absolute Gasteiger partial charge is 0.341 e. The second-order valence-electron chi connectivity index (χ2n) is 10.0. The molecule has 0 bridgehead atoms. The molecule has 3 heterocycles. The van der Waals surface area contributed by atoms with Crippen LogP contribution in [0.3, 0.4) is 0 Å². The van der Waals surface area contributed by atoms with E-state index >= 15 is 0 Å². The summed E-state index contributed by atoms with van der Waals surface area (Å²) in [5.74, 6) is -0.832. The molecule has 3 aromatic rings. The van der Waals surface area contributed by atoms with Crippen molar-refractivity contribution in [3.8, 4) is 0 Å². The number of likely N-dealkylation sites (N-methyl/N-ethyl adjacent to an activating group) is 1. The standard InChI is InChI=1S/C27H34N6O3/c1-31-13-15-32(16-14-31)12-11-19-7-9-20(10-8-19)29-27-28-17-22-24(34)23(26(35)36)18-33(25(22)30-27)21-5-3-2-4-6-21/h7-10,17-18,21H,2-6,11-16H2,1H3,(H,35,36)(H,28,29,30). The van der Waals surface area contributed by atoms with Gasteiger partial charge in [-0.25, -0.2) is 9.78 Å². The molecule has 1 aromatic carbocycles. The summed E-state index contributed by atoms with van der Waals surface area (Å²) in [5, 5.41) is 13.1. The van der Waals surface area contributed by atoms with E-state index < -0.39 is 11.4 Å². The number of carboxylic acid groups (broad SMARTS) is 1. The predicted molar refractivity (Wildman–Crippen MR) is 140 cm³/mol. The van der Waals surface area contributed by atoms with E-state index in [0.29, 0.717) is 11.6 Å². The van der Waals surface area contributed by atoms with Crippen LogP contribution in [0.25, 0.3) is 11.0 Å². The lowest BCUT2D eigenvalue weighted by Crippen LogP contribution is -2.45. The third-order valence-corrected chi connectivity index (χ3v) is 7.49. The normalized spacial score (nSPS) is 17.9. The summed E-state index contributed by atoms with van der Waals surface area (Å²) in [6.07, 6.45) is 9.15. The average Bonchev–Trinajstić information content (AvgIpc) is 2.90. The number of anilines is 2. The lowest BCUT2D eigenvalue weighted by atomic mass is 9.95. The second kappa shape index (κ2) is 10.8. The monoisotopic (exact) mass is 490 g/mol. The maximum atomic E-state index is 12.8. The highest BCUT2D eigenvalue weighted by Gasteiger charge is 2.22. The Morgan fingerprint density at radius 3 is 2.50 bits per heavy atom. The van der Waals surface area contributed by atoms with Gasteiger partial charge >= 0.3 is 5.97 Å². The molecule has 0 unspecified atom stereocenters. The fourth-order valence-corrected chi connectivity index (χ4v) is 5.23. The van der Waals surface area contributed by atoms with Crippen LogP contribution in [0.4, 0.5) is 11.6 Å². The van der Waals surface area contributed by atoms with Gasteiger partial charge in [0.15, 0.2) is 0 Å². The van der Waals surface area contributed by atoms with Crippen LogP contribution in [-0.2, 0) is 6.42 Å². The maximum absolute atomic E-state index is 12.8. The van der Waals surface area contributed by atoms with Gasteiger partial charge in [-0.3, -0.25) is 4.79 Å². The van der Waals surface area contributed by atoms with Crippen molar-refractivity contribution in [2.24, 2.45) is 0 Å². The molecule has 2 N–H and O–H groups in total. The highest BCUT2D eigenvalue weighted by molar-refractivity contribution is 5.91. The number of aromatic carboxylic acids is 1. The first kappa shape index (κ1) is 24.4. The Bertz CT molecular complexity index is 1280. The zero-order chi connectivity index (χ0) is 25.1. The third-order valence-electron chi connectivity index (χ3n) is 7.49. The largest absolute Gasteiger partial charge is 0.477 e. The van der Waals surface area contributed by atoms with E-state index in [0.717, 1.165) is 70.5 Å². The van der Waals surface area contributed by atoms with E-state index in [9.17, 15) is 14.7 Å². The molecule has 1 saturated carbocycles. The van der Waals surface area contributed by atoms with Crippen molar-refractivity contribution < 1.29 is 9.90 Å². The number of piperazine rings is 1. The average molecular weight is 491 g/mol. The number of hydrogen-bond donors (Lipinski definition) is 2. The quantitative estimate of drug-likeness (QED) is 0.519. The van der Waals surface area contributed by atoms with Crippen LogP contribution in [-0.4, -0.2) is 75.2 Å². The van der Waals surface area contributed by atoms with Crippen molar-refractivity contribution in [2.75, 3.05) is 45.1 Å². The molecule has 2 aromatic heterocycles. The molecule has 2 fully saturated rings. The van der Waals surface area contributed by atoms with Gasteiger partial charge in [-0.05, 0) is 44.0 Å². The number of benzene rings is 1. The zero-order valence-corrected chi connectivity index (χ0v) is 20.8. The zero-order valence-electron chi connectivity index (χ0n) is 20.8. The van der Waals surface area contributed by atoms with Crippen molar-refractivity contribution in [2.45, 2.75) is 44.6 Å². The van der Waals surface area contributed by atoms with E-state index in [1.54, 1.807) is 0 Å². The van der Waals surface area contributed by atoms with Crippen LogP contribution in [0.1, 0.15) is 54.1 Å². The number of pyridine rings is 1. The molecule has 9 heteroatoms. The van der Waals surface area contributed by atoms with Gasteiger partial charge in [0, 0.05) is 56.8 Å². The number of nitrogens with one attached hydrogen (secondary N) is 1. The van der Waals surface area contributed by atoms with E-state index in [1.165, 1.54) is 24.4 Å². The fourth-order valence-electron chi connectivity index (χ4n) is 5.23. The molecule has 0 amide bonds. The third kappa shape index (κ3) is 5.42. The molecule has 0 spiro atoms. The highest BCUT2D eigenvalue weighted by Crippen LogP contribution is 2.30. The second-order valence-corrected chi connectivity index (χ2v) is 10.0. The first-order chi connectivity index (χ1) is 17.5. The van der Waals surface area contributed by atoms with Gasteiger partial charge in [0.25, 0.3) is 0 Å². The number of aromatic nitrogens is 3. The van der Waals surface area contributed by atoms with Gasteiger partial charge in [-0.1, -0.05) is 31.4 Å². The van der Waals surface area contributed by atoms with Crippen LogP contribution in [0.5, 0.6) is 0 Å². The van der Waals surface area contributed by atoms with E-state index in [4.69, 9.17) is 0 Å². The van der Waals surface area contributed by atoms with Crippen molar-refractivity contribution in [1.29, 1.82) is 0 Å². The summed E-state index contributed by atoms with van der Waals surface area (Å²) >= 11 is 0. The molecular formula is C27H34N6O3. The van der Waals surface area contributed by atoms with Crippen LogP contribution < -0.4 is 10.7 Å². The molecule has 190 valence electrons. The van der Waals surface area contributed by atoms with Crippen LogP contribution >= 0.6 is 0 Å². The van der Waals surface area contributed by atoms with E-state index in [-0.39, 0.29) is 17.0 Å². The highest BCUT2D eigenvalue weighted by atomic mass is 16.4. The Labute approximate surface area is 210 Å². The summed E-state index contributed by atoms with van der Waals surface area (Å²) in [7, 11) is 2.17. The lowest BCUT2D eigenvalue weighted by molar-refractivity contribution is 0.0694. The van der Waals surface area contributed by atoms with Gasteiger partial charge in [0.05, 0.1) is 5.39 Å². The van der Waals surface area contributed by atoms with Crippen molar-refractivity contribution in [3.05, 3.63) is 58.0 Å². The minimum absolute atomic E-state index is 0.127. The van der Waals surface area contributed by atoms with Gasteiger partial charge in [-0.2, -0.15) is 4.98 Å². The van der Waals surface area contributed by atoms with Gasteiger partial charge < -0.3 is 24.8 Å². The Balaban J connectivity index is 1.34. The first-order valence-corrected chi connectivity index (χ1v) is 12.9. The molecule has 1 saturated heterocycles. The number of hydrogen-bond acceptors (Lipinski definition) is 7. The molecule has 1 aliphatic carbocycles. The van der Waals surface area contributed by atoms with Crippen LogP contribution in [0.2, 0.25) is 0 Å². The number of nitrogens with zero attached hydrogens (tertiary/aromatic N) is 5. The SMILES string of the molecule is CN1CCN(CCc2ccc(Nc3ncc4c(=O)c(C(=O)O)cn(C5CCCCC5)c4n3)cc2)CC1. The molecular weight excluding hydrogens is 456 g/mol. The van der Waals surface area contributed by atoms with Crippen LogP contribution in [0, 0.1) is 0 Å². The maximum Gasteiger partial charge on any atom is 0.341 e. The summed E-state index contributed by atoms with van der Waals surface area (Å²) in [5.41, 5.74) is 1.86. The molecule has 0 atom stereocenters. The van der Waals surface area contributed by atoms with Crippen molar-refractivity contribution in [3.63, 3.8) is 0 Å². The Kier molecular flexibility index (Phi) is 7.29. The molecule has 9 nitrogen and oxygen atoms in total. The fraction of sp³-hybridized carbons (Fsp3) is 0.481. The topological polar surface area (TPSA) is 104 Å². The summed E-state index contributed by atoms with van der Waals surface area (Å²) in [4.78, 5) is 38.4. The number of fused-ring (bicyclic) bond motifs is 1. The predicted octanol–water partition coefficient (Wildman–Crippen LogP) is 3.53. The molecule has 0 radical (unpaired) electrons. The van der Waals surface area contributed by atoms with Crippen molar-refractivity contribution >= 4 is 28.6 Å². The van der Waals surface area contributed by atoms with Crippen molar-refractivity contribution in [1.82, 2.24) is 24.3 Å². The van der Waals surface area contributed by atoms with Gasteiger partial charge in [0.2, 0.25) is 11.4 Å². The Hall–Kier alpha value is -3.30. The minimum atomic E-state index is -1.22. The first-order valence-electron chi connectivity index (χ1n) is 12.9. The number of carboxylic acids is 1. The molecule has 5 rings (SSSR count).